The van der Waals surface area contributed by atoms with Crippen LogP contribution in [-0.2, 0) is 4.74 Å². The zero-order valence-corrected chi connectivity index (χ0v) is 16.5. The van der Waals surface area contributed by atoms with Gasteiger partial charge in [0.15, 0.2) is 5.82 Å². The van der Waals surface area contributed by atoms with Crippen LogP contribution < -0.4 is 10.2 Å². The zero-order chi connectivity index (χ0) is 19.6. The molecule has 2 aromatic rings. The average Bonchev–Trinajstić information content (AvgIpc) is 3.00. The number of carbonyl (C=O) groups is 1. The van der Waals surface area contributed by atoms with Gasteiger partial charge < -0.3 is 19.5 Å². The second-order valence-corrected chi connectivity index (χ2v) is 7.96. The molecule has 0 aliphatic carbocycles. The monoisotopic (exact) mass is 373 g/mol. The van der Waals surface area contributed by atoms with Crippen molar-refractivity contribution in [2.24, 2.45) is 0 Å². The molecule has 1 aliphatic rings. The van der Waals surface area contributed by atoms with Crippen molar-refractivity contribution in [3.05, 3.63) is 24.2 Å². The van der Waals surface area contributed by atoms with Gasteiger partial charge in [-0.15, -0.1) is 0 Å². The number of carbonyl (C=O) groups excluding carboxylic acids is 1. The van der Waals surface area contributed by atoms with E-state index < -0.39 is 5.60 Å². The molecule has 0 radical (unpaired) electrons. The minimum absolute atomic E-state index is 0.0906. The number of hydrogen-bond donors (Lipinski definition) is 1. The SMILES string of the molecule is Cc1noc(-c2ccnc(N3CCC(NC(=O)OC(C)(C)C)CC3C)c2)n1. The van der Waals surface area contributed by atoms with Gasteiger partial charge in [-0.2, -0.15) is 4.98 Å². The van der Waals surface area contributed by atoms with Crippen LogP contribution in [0, 0.1) is 6.92 Å². The van der Waals surface area contributed by atoms with E-state index in [0.717, 1.165) is 30.8 Å². The zero-order valence-electron chi connectivity index (χ0n) is 16.5. The van der Waals surface area contributed by atoms with Crippen LogP contribution in [0.5, 0.6) is 0 Å². The van der Waals surface area contributed by atoms with Gasteiger partial charge in [-0.3, -0.25) is 0 Å². The maximum atomic E-state index is 12.0. The quantitative estimate of drug-likeness (QED) is 0.882. The van der Waals surface area contributed by atoms with Crippen molar-refractivity contribution < 1.29 is 14.1 Å². The van der Waals surface area contributed by atoms with E-state index in [-0.39, 0.29) is 18.2 Å². The topological polar surface area (TPSA) is 93.4 Å². The Morgan fingerprint density at radius 3 is 2.81 bits per heavy atom. The number of aryl methyl sites for hydroxylation is 1. The van der Waals surface area contributed by atoms with Gasteiger partial charge in [0.2, 0.25) is 0 Å². The molecule has 3 rings (SSSR count). The van der Waals surface area contributed by atoms with E-state index in [1.54, 1.807) is 13.1 Å². The molecule has 0 saturated carbocycles. The molecular formula is C19H27N5O3. The van der Waals surface area contributed by atoms with Crippen molar-refractivity contribution in [2.75, 3.05) is 11.4 Å². The van der Waals surface area contributed by atoms with E-state index in [1.165, 1.54) is 0 Å². The Morgan fingerprint density at radius 1 is 1.41 bits per heavy atom. The lowest BCUT2D eigenvalue weighted by Crippen LogP contribution is -2.50. The maximum Gasteiger partial charge on any atom is 0.407 e. The molecule has 1 amide bonds. The Bertz CT molecular complexity index is 799. The van der Waals surface area contributed by atoms with Gasteiger partial charge in [0.25, 0.3) is 5.89 Å². The highest BCUT2D eigenvalue weighted by atomic mass is 16.6. The van der Waals surface area contributed by atoms with Gasteiger partial charge in [-0.1, -0.05) is 5.16 Å². The van der Waals surface area contributed by atoms with Crippen LogP contribution in [-0.4, -0.2) is 45.4 Å². The smallest absolute Gasteiger partial charge is 0.407 e. The predicted molar refractivity (Wildman–Crippen MR) is 101 cm³/mol. The summed E-state index contributed by atoms with van der Waals surface area (Å²) in [6.45, 7) is 10.3. The Balaban J connectivity index is 1.64. The molecule has 3 heterocycles. The van der Waals surface area contributed by atoms with Crippen molar-refractivity contribution in [1.29, 1.82) is 0 Å². The highest BCUT2D eigenvalue weighted by molar-refractivity contribution is 5.68. The Kier molecular flexibility index (Phi) is 5.34. The second kappa shape index (κ2) is 7.54. The molecule has 0 spiro atoms. The molecular weight excluding hydrogens is 346 g/mol. The third-order valence-corrected chi connectivity index (χ3v) is 4.41. The number of piperidine rings is 1. The third-order valence-electron chi connectivity index (χ3n) is 4.41. The van der Waals surface area contributed by atoms with Crippen molar-refractivity contribution in [2.45, 2.75) is 65.1 Å². The maximum absolute atomic E-state index is 12.0. The molecule has 1 fully saturated rings. The minimum atomic E-state index is -0.492. The van der Waals surface area contributed by atoms with Crippen molar-refractivity contribution in [3.8, 4) is 11.5 Å². The molecule has 1 aliphatic heterocycles. The molecule has 146 valence electrons. The summed E-state index contributed by atoms with van der Waals surface area (Å²) >= 11 is 0. The molecule has 2 atom stereocenters. The molecule has 27 heavy (non-hydrogen) atoms. The number of rotatable bonds is 3. The highest BCUT2D eigenvalue weighted by Gasteiger charge is 2.29. The van der Waals surface area contributed by atoms with Crippen LogP contribution in [0.25, 0.3) is 11.5 Å². The highest BCUT2D eigenvalue weighted by Crippen LogP contribution is 2.27. The summed E-state index contributed by atoms with van der Waals surface area (Å²) in [5.41, 5.74) is 0.357. The van der Waals surface area contributed by atoms with Crippen molar-refractivity contribution in [3.63, 3.8) is 0 Å². The van der Waals surface area contributed by atoms with E-state index in [1.807, 2.05) is 32.9 Å². The Morgan fingerprint density at radius 2 is 2.19 bits per heavy atom. The number of hydrogen-bond acceptors (Lipinski definition) is 7. The van der Waals surface area contributed by atoms with Crippen LogP contribution >= 0.6 is 0 Å². The van der Waals surface area contributed by atoms with E-state index in [0.29, 0.717) is 11.7 Å². The first-order valence-electron chi connectivity index (χ1n) is 9.24. The molecule has 0 bridgehead atoms. The van der Waals surface area contributed by atoms with Crippen LogP contribution in [0.15, 0.2) is 22.9 Å². The summed E-state index contributed by atoms with van der Waals surface area (Å²) in [6, 6.07) is 4.14. The number of ether oxygens (including phenoxy) is 1. The summed E-state index contributed by atoms with van der Waals surface area (Å²) < 4.78 is 10.6. The molecule has 8 nitrogen and oxygen atoms in total. The van der Waals surface area contributed by atoms with E-state index >= 15 is 0 Å². The van der Waals surface area contributed by atoms with Gasteiger partial charge in [0.1, 0.15) is 11.4 Å². The van der Waals surface area contributed by atoms with Crippen LogP contribution in [0.4, 0.5) is 10.6 Å². The van der Waals surface area contributed by atoms with Gasteiger partial charge in [0.05, 0.1) is 0 Å². The molecule has 0 aromatic carbocycles. The minimum Gasteiger partial charge on any atom is -0.444 e. The first-order valence-corrected chi connectivity index (χ1v) is 9.24. The van der Waals surface area contributed by atoms with Gasteiger partial charge in [-0.25, -0.2) is 9.78 Å². The number of alkyl carbamates (subject to hydrolysis) is 1. The molecule has 8 heteroatoms. The molecule has 1 saturated heterocycles. The Hall–Kier alpha value is -2.64. The fourth-order valence-electron chi connectivity index (χ4n) is 3.24. The van der Waals surface area contributed by atoms with Crippen LogP contribution in [0.2, 0.25) is 0 Å². The number of pyridine rings is 1. The molecule has 2 unspecified atom stereocenters. The first-order chi connectivity index (χ1) is 12.7. The lowest BCUT2D eigenvalue weighted by atomic mass is 9.98. The van der Waals surface area contributed by atoms with E-state index in [4.69, 9.17) is 9.26 Å². The standard InChI is InChI=1S/C19H27N5O3/c1-12-10-15(22-18(25)26-19(3,4)5)7-9-24(12)16-11-14(6-8-20-16)17-21-13(2)23-27-17/h6,8,11-12,15H,7,9-10H2,1-5H3,(H,22,25). The average molecular weight is 373 g/mol. The normalized spacial score (nSPS) is 20.4. The van der Waals surface area contributed by atoms with E-state index in [9.17, 15) is 4.79 Å². The number of aromatic nitrogens is 3. The summed E-state index contributed by atoms with van der Waals surface area (Å²) in [4.78, 5) is 23.0. The predicted octanol–water partition coefficient (Wildman–Crippen LogP) is 3.32. The largest absolute Gasteiger partial charge is 0.444 e. The van der Waals surface area contributed by atoms with Crippen LogP contribution in [0.1, 0.15) is 46.4 Å². The fourth-order valence-corrected chi connectivity index (χ4v) is 3.24. The lowest BCUT2D eigenvalue weighted by molar-refractivity contribution is 0.0494. The van der Waals surface area contributed by atoms with Crippen LogP contribution in [0.3, 0.4) is 0 Å². The number of anilines is 1. The third kappa shape index (κ3) is 4.96. The second-order valence-electron chi connectivity index (χ2n) is 7.96. The Labute approximate surface area is 159 Å². The lowest BCUT2D eigenvalue weighted by Gasteiger charge is -2.38. The van der Waals surface area contributed by atoms with Crippen molar-refractivity contribution >= 4 is 11.9 Å². The van der Waals surface area contributed by atoms with E-state index in [2.05, 4.69) is 32.3 Å². The summed E-state index contributed by atoms with van der Waals surface area (Å²) in [5, 5.41) is 6.82. The van der Waals surface area contributed by atoms with Crippen molar-refractivity contribution in [1.82, 2.24) is 20.4 Å². The molecule has 2 aromatic heterocycles. The van der Waals surface area contributed by atoms with Gasteiger partial charge in [-0.05, 0) is 59.6 Å². The molecule has 1 N–H and O–H groups in total. The number of nitrogens with one attached hydrogen (secondary N) is 1. The summed E-state index contributed by atoms with van der Waals surface area (Å²) in [5.74, 6) is 1.96. The van der Waals surface area contributed by atoms with Gasteiger partial charge >= 0.3 is 6.09 Å². The fraction of sp³-hybridized carbons (Fsp3) is 0.579. The number of nitrogens with zero attached hydrogens (tertiary/aromatic N) is 4. The number of amides is 1. The summed E-state index contributed by atoms with van der Waals surface area (Å²) in [7, 11) is 0. The van der Waals surface area contributed by atoms with Gasteiger partial charge in [0, 0.05) is 30.4 Å². The summed E-state index contributed by atoms with van der Waals surface area (Å²) in [6.07, 6.45) is 3.04. The first kappa shape index (κ1) is 19.1.